The van der Waals surface area contributed by atoms with E-state index in [1.54, 1.807) is 37.6 Å². The van der Waals surface area contributed by atoms with Crippen LogP contribution in [0.25, 0.3) is 0 Å². The summed E-state index contributed by atoms with van der Waals surface area (Å²) in [5.74, 6) is 0.858. The molecule has 5 heteroatoms. The molecule has 148 valence electrons. The Balaban J connectivity index is 1.75. The molecule has 1 unspecified atom stereocenters. The van der Waals surface area contributed by atoms with Crippen molar-refractivity contribution in [2.24, 2.45) is 5.10 Å². The third-order valence-electron chi connectivity index (χ3n) is 5.44. The summed E-state index contributed by atoms with van der Waals surface area (Å²) < 4.78 is 5.15. The summed E-state index contributed by atoms with van der Waals surface area (Å²) in [5.41, 5.74) is 6.86. The van der Waals surface area contributed by atoms with Crippen molar-refractivity contribution in [3.05, 3.63) is 59.2 Å². The van der Waals surface area contributed by atoms with Gasteiger partial charge in [-0.3, -0.25) is 4.79 Å². The van der Waals surface area contributed by atoms with Crippen LogP contribution in [0, 0.1) is 0 Å². The number of fused-ring (bicyclic) bond motifs is 1. The summed E-state index contributed by atoms with van der Waals surface area (Å²) >= 11 is 0. The zero-order chi connectivity index (χ0) is 20.3. The third kappa shape index (κ3) is 4.03. The van der Waals surface area contributed by atoms with Crippen LogP contribution in [-0.4, -0.2) is 31.3 Å². The Morgan fingerprint density at radius 3 is 2.82 bits per heavy atom. The average molecular weight is 380 g/mol. The predicted octanol–water partition coefficient (Wildman–Crippen LogP) is 4.57. The highest BCUT2D eigenvalue weighted by atomic mass is 16.5. The number of anilines is 1. The molecule has 1 N–H and O–H groups in total. The zero-order valence-corrected chi connectivity index (χ0v) is 17.3. The molecule has 1 aliphatic heterocycles. The molecule has 1 heterocycles. The molecule has 3 rings (SSSR count). The van der Waals surface area contributed by atoms with Gasteiger partial charge in [-0.25, -0.2) is 5.43 Å². The standard InChI is InChI=1S/C23H29N3O2/c1-6-26-21-11-10-17(12-20(21)16(2)14-23(26,3)4)15-24-25-22(27)18-8-7-9-19(13-18)28-5/h7-13,15-16H,6,14H2,1-5H3,(H,25,27)/b24-15-. The zero-order valence-electron chi connectivity index (χ0n) is 17.3. The minimum atomic E-state index is -0.264. The topological polar surface area (TPSA) is 53.9 Å². The van der Waals surface area contributed by atoms with Crippen LogP contribution in [-0.2, 0) is 0 Å². The first-order chi connectivity index (χ1) is 13.4. The average Bonchev–Trinajstić information content (AvgIpc) is 2.68. The van der Waals surface area contributed by atoms with E-state index in [0.717, 1.165) is 18.5 Å². The molecule has 0 saturated carbocycles. The van der Waals surface area contributed by atoms with Gasteiger partial charge in [0.15, 0.2) is 0 Å². The second kappa shape index (κ2) is 8.05. The van der Waals surface area contributed by atoms with Gasteiger partial charge < -0.3 is 9.64 Å². The third-order valence-corrected chi connectivity index (χ3v) is 5.44. The Bertz CT molecular complexity index is 889. The van der Waals surface area contributed by atoms with Crippen LogP contribution in [0.15, 0.2) is 47.6 Å². The Hall–Kier alpha value is -2.82. The van der Waals surface area contributed by atoms with E-state index in [1.807, 2.05) is 0 Å². The maximum Gasteiger partial charge on any atom is 0.271 e. The van der Waals surface area contributed by atoms with Crippen LogP contribution >= 0.6 is 0 Å². The van der Waals surface area contributed by atoms with E-state index < -0.39 is 0 Å². The van der Waals surface area contributed by atoms with E-state index in [2.05, 4.69) is 61.3 Å². The van der Waals surface area contributed by atoms with Crippen LogP contribution in [0.2, 0.25) is 0 Å². The molecule has 0 fully saturated rings. The fraction of sp³-hybridized carbons (Fsp3) is 0.391. The van der Waals surface area contributed by atoms with Gasteiger partial charge in [0.2, 0.25) is 0 Å². The summed E-state index contributed by atoms with van der Waals surface area (Å²) in [5, 5.41) is 4.14. The number of nitrogens with zero attached hydrogens (tertiary/aromatic N) is 2. The molecule has 0 spiro atoms. The lowest BCUT2D eigenvalue weighted by atomic mass is 9.79. The fourth-order valence-electron chi connectivity index (χ4n) is 4.18. The largest absolute Gasteiger partial charge is 0.497 e. The molecule has 0 aromatic heterocycles. The van der Waals surface area contributed by atoms with Crippen molar-refractivity contribution >= 4 is 17.8 Å². The molecule has 1 amide bonds. The number of hydrogen-bond donors (Lipinski definition) is 1. The number of rotatable bonds is 5. The first kappa shape index (κ1) is 19.9. The summed E-state index contributed by atoms with van der Waals surface area (Å²) in [7, 11) is 1.58. The predicted molar refractivity (Wildman–Crippen MR) is 115 cm³/mol. The number of hydrazone groups is 1. The first-order valence-electron chi connectivity index (χ1n) is 9.74. The maximum atomic E-state index is 12.3. The van der Waals surface area contributed by atoms with E-state index in [-0.39, 0.29) is 11.4 Å². The van der Waals surface area contributed by atoms with Crippen molar-refractivity contribution in [1.82, 2.24) is 5.43 Å². The number of carbonyl (C=O) groups is 1. The lowest BCUT2D eigenvalue weighted by molar-refractivity contribution is 0.0955. The number of nitrogens with one attached hydrogen (secondary N) is 1. The smallest absolute Gasteiger partial charge is 0.271 e. The summed E-state index contributed by atoms with van der Waals surface area (Å²) in [6.07, 6.45) is 2.81. The number of benzene rings is 2. The van der Waals surface area contributed by atoms with Crippen molar-refractivity contribution in [3.8, 4) is 5.75 Å². The minimum Gasteiger partial charge on any atom is -0.497 e. The molecule has 1 aliphatic rings. The molecule has 0 aliphatic carbocycles. The molecule has 5 nitrogen and oxygen atoms in total. The van der Waals surface area contributed by atoms with Gasteiger partial charge in [-0.2, -0.15) is 5.10 Å². The monoisotopic (exact) mass is 379 g/mol. The molecule has 0 radical (unpaired) electrons. The van der Waals surface area contributed by atoms with Crippen LogP contribution in [0.5, 0.6) is 5.75 Å². The fourth-order valence-corrected chi connectivity index (χ4v) is 4.18. The van der Waals surface area contributed by atoms with Crippen molar-refractivity contribution in [1.29, 1.82) is 0 Å². The first-order valence-corrected chi connectivity index (χ1v) is 9.74. The summed E-state index contributed by atoms with van der Waals surface area (Å²) in [4.78, 5) is 14.7. The van der Waals surface area contributed by atoms with Crippen LogP contribution in [0.1, 0.15) is 61.5 Å². The molecular formula is C23H29N3O2. The van der Waals surface area contributed by atoms with Crippen molar-refractivity contribution in [3.63, 3.8) is 0 Å². The highest BCUT2D eigenvalue weighted by Crippen LogP contribution is 2.43. The molecule has 28 heavy (non-hydrogen) atoms. The number of carbonyl (C=O) groups excluding carboxylic acids is 1. The van der Waals surface area contributed by atoms with Crippen LogP contribution < -0.4 is 15.1 Å². The van der Waals surface area contributed by atoms with Gasteiger partial charge in [0.05, 0.1) is 13.3 Å². The Morgan fingerprint density at radius 1 is 1.32 bits per heavy atom. The van der Waals surface area contributed by atoms with E-state index in [1.165, 1.54) is 11.3 Å². The van der Waals surface area contributed by atoms with Crippen molar-refractivity contribution in [2.75, 3.05) is 18.6 Å². The summed E-state index contributed by atoms with van der Waals surface area (Å²) in [6.45, 7) is 10.1. The van der Waals surface area contributed by atoms with Gasteiger partial charge in [0.25, 0.3) is 5.91 Å². The van der Waals surface area contributed by atoms with Gasteiger partial charge in [0.1, 0.15) is 5.75 Å². The summed E-state index contributed by atoms with van der Waals surface area (Å²) in [6, 6.07) is 13.4. The minimum absolute atomic E-state index is 0.154. The van der Waals surface area contributed by atoms with Gasteiger partial charge in [-0.15, -0.1) is 0 Å². The number of hydrogen-bond acceptors (Lipinski definition) is 4. The highest BCUT2D eigenvalue weighted by Gasteiger charge is 2.35. The normalized spacial score (nSPS) is 18.0. The second-order valence-corrected chi connectivity index (χ2v) is 7.91. The lowest BCUT2D eigenvalue weighted by Gasteiger charge is -2.47. The Kier molecular flexibility index (Phi) is 5.73. The van der Waals surface area contributed by atoms with Crippen molar-refractivity contribution < 1.29 is 9.53 Å². The van der Waals surface area contributed by atoms with Crippen LogP contribution in [0.3, 0.4) is 0 Å². The van der Waals surface area contributed by atoms with Crippen molar-refractivity contribution in [2.45, 2.75) is 45.6 Å². The second-order valence-electron chi connectivity index (χ2n) is 7.91. The SMILES string of the molecule is CCN1c2ccc(/C=N\NC(=O)c3cccc(OC)c3)cc2C(C)CC1(C)C. The number of amides is 1. The Morgan fingerprint density at radius 2 is 2.11 bits per heavy atom. The number of methoxy groups -OCH3 is 1. The quantitative estimate of drug-likeness (QED) is 0.611. The number of ether oxygens (including phenoxy) is 1. The molecule has 2 aromatic carbocycles. The van der Waals surface area contributed by atoms with E-state index in [4.69, 9.17) is 4.74 Å². The van der Waals surface area contributed by atoms with Crippen LogP contribution in [0.4, 0.5) is 5.69 Å². The lowest BCUT2D eigenvalue weighted by Crippen LogP contribution is -2.48. The molecule has 0 bridgehead atoms. The van der Waals surface area contributed by atoms with E-state index in [9.17, 15) is 4.79 Å². The molecule has 0 saturated heterocycles. The Labute approximate surface area is 167 Å². The van der Waals surface area contributed by atoms with Gasteiger partial charge in [-0.1, -0.05) is 19.1 Å². The highest BCUT2D eigenvalue weighted by molar-refractivity contribution is 5.95. The van der Waals surface area contributed by atoms with E-state index in [0.29, 0.717) is 17.2 Å². The van der Waals surface area contributed by atoms with Gasteiger partial charge >= 0.3 is 0 Å². The maximum absolute atomic E-state index is 12.3. The molecule has 2 aromatic rings. The molecular weight excluding hydrogens is 350 g/mol. The van der Waals surface area contributed by atoms with Gasteiger partial charge in [-0.05, 0) is 74.6 Å². The van der Waals surface area contributed by atoms with E-state index >= 15 is 0 Å². The van der Waals surface area contributed by atoms with Gasteiger partial charge in [0, 0.05) is 23.3 Å². The molecule has 1 atom stereocenters.